The average molecular weight is 288 g/mol. The second-order valence-corrected chi connectivity index (χ2v) is 5.91. The maximum absolute atomic E-state index is 13.8. The molecule has 0 aliphatic carbocycles. The minimum absolute atomic E-state index is 0.153. The Bertz CT molecular complexity index is 629. The van der Waals surface area contributed by atoms with Gasteiger partial charge in [-0.15, -0.1) is 0 Å². The van der Waals surface area contributed by atoms with Gasteiger partial charge in [-0.25, -0.2) is 4.39 Å². The van der Waals surface area contributed by atoms with Crippen molar-refractivity contribution in [2.24, 2.45) is 0 Å². The van der Waals surface area contributed by atoms with Gasteiger partial charge in [0.2, 0.25) is 0 Å². The number of benzene rings is 1. The van der Waals surface area contributed by atoms with Gasteiger partial charge in [0.1, 0.15) is 5.82 Å². The van der Waals surface area contributed by atoms with Crippen LogP contribution >= 0.6 is 0 Å². The summed E-state index contributed by atoms with van der Waals surface area (Å²) in [5.41, 5.74) is 1.76. The van der Waals surface area contributed by atoms with Crippen LogP contribution in [0.4, 0.5) is 4.39 Å². The topological polar surface area (TPSA) is 36.4 Å². The quantitative estimate of drug-likeness (QED) is 0.942. The first-order chi connectivity index (χ1) is 10.1. The van der Waals surface area contributed by atoms with E-state index >= 15 is 0 Å². The molecule has 0 spiro atoms. The maximum Gasteiger partial charge on any atom is 0.124 e. The van der Waals surface area contributed by atoms with Gasteiger partial charge in [0, 0.05) is 24.2 Å². The Balaban J connectivity index is 1.93. The Morgan fingerprint density at radius 3 is 3.10 bits per heavy atom. The lowest BCUT2D eigenvalue weighted by Crippen LogP contribution is -2.45. The Morgan fingerprint density at radius 2 is 2.29 bits per heavy atom. The maximum atomic E-state index is 13.8. The molecule has 2 atom stereocenters. The highest BCUT2D eigenvalue weighted by Crippen LogP contribution is 2.25. The molecule has 1 aromatic carbocycles. The molecule has 0 amide bonds. The van der Waals surface area contributed by atoms with Crippen molar-refractivity contribution in [3.05, 3.63) is 41.8 Å². The van der Waals surface area contributed by atoms with Crippen molar-refractivity contribution in [2.75, 3.05) is 6.54 Å². The summed E-state index contributed by atoms with van der Waals surface area (Å²) in [5.74, 6) is -0.226. The number of likely N-dealkylation sites (tertiary alicyclic amines) is 1. The van der Waals surface area contributed by atoms with Crippen LogP contribution in [0.5, 0.6) is 0 Å². The molecule has 2 heterocycles. The first kappa shape index (κ1) is 14.4. The van der Waals surface area contributed by atoms with E-state index in [9.17, 15) is 9.50 Å². The lowest BCUT2D eigenvalue weighted by molar-refractivity contribution is 0.0318. The number of aliphatic hydroxyl groups excluding tert-OH is 1. The van der Waals surface area contributed by atoms with Gasteiger partial charge in [-0.3, -0.25) is 9.88 Å². The molecule has 0 bridgehead atoms. The van der Waals surface area contributed by atoms with E-state index in [0.29, 0.717) is 6.54 Å². The number of rotatable bonds is 3. The molecule has 2 aromatic rings. The Kier molecular flexibility index (Phi) is 4.17. The minimum atomic E-state index is -0.363. The van der Waals surface area contributed by atoms with Gasteiger partial charge in [-0.2, -0.15) is 0 Å². The second kappa shape index (κ2) is 6.08. The molecule has 1 fully saturated rings. The SMILES string of the molecule is C[C@H](O)[C@@H]1CCCCN1Cc1cc(F)cc2cccnc12. The van der Waals surface area contributed by atoms with Crippen LogP contribution in [0, 0.1) is 5.82 Å². The highest BCUT2D eigenvalue weighted by Gasteiger charge is 2.26. The molecule has 1 N–H and O–H groups in total. The van der Waals surface area contributed by atoms with Crippen LogP contribution in [0.1, 0.15) is 31.7 Å². The Morgan fingerprint density at radius 1 is 1.43 bits per heavy atom. The zero-order valence-corrected chi connectivity index (χ0v) is 12.3. The van der Waals surface area contributed by atoms with Gasteiger partial charge in [0.15, 0.2) is 0 Å². The van der Waals surface area contributed by atoms with Crippen LogP contribution in [0.3, 0.4) is 0 Å². The summed E-state index contributed by atoms with van der Waals surface area (Å²) >= 11 is 0. The van der Waals surface area contributed by atoms with Crippen molar-refractivity contribution in [3.8, 4) is 0 Å². The summed E-state index contributed by atoms with van der Waals surface area (Å²) < 4.78 is 13.8. The standard InChI is InChI=1S/C17H21FN2O/c1-12(21)16-6-2-3-8-20(16)11-14-10-15(18)9-13-5-4-7-19-17(13)14/h4-5,7,9-10,12,16,21H,2-3,6,8,11H2,1H3/t12-,16-/m0/s1. The summed E-state index contributed by atoms with van der Waals surface area (Å²) in [6, 6.07) is 6.96. The summed E-state index contributed by atoms with van der Waals surface area (Å²) in [4.78, 5) is 6.66. The lowest BCUT2D eigenvalue weighted by atomic mass is 9.97. The highest BCUT2D eigenvalue weighted by atomic mass is 19.1. The fourth-order valence-corrected chi connectivity index (χ4v) is 3.33. The number of hydrogen-bond acceptors (Lipinski definition) is 3. The molecule has 3 nitrogen and oxygen atoms in total. The van der Waals surface area contributed by atoms with E-state index in [1.807, 2.05) is 19.1 Å². The molecule has 112 valence electrons. The van der Waals surface area contributed by atoms with Gasteiger partial charge in [0.05, 0.1) is 11.6 Å². The Labute approximate surface area is 124 Å². The smallest absolute Gasteiger partial charge is 0.124 e. The van der Waals surface area contributed by atoms with Crippen molar-refractivity contribution in [1.82, 2.24) is 9.88 Å². The van der Waals surface area contributed by atoms with Crippen molar-refractivity contribution in [2.45, 2.75) is 44.9 Å². The molecule has 1 aromatic heterocycles. The van der Waals surface area contributed by atoms with Crippen molar-refractivity contribution >= 4 is 10.9 Å². The zero-order valence-electron chi connectivity index (χ0n) is 12.3. The number of aromatic nitrogens is 1. The molecular weight excluding hydrogens is 267 g/mol. The molecule has 4 heteroatoms. The fourth-order valence-electron chi connectivity index (χ4n) is 3.33. The number of aliphatic hydroxyl groups is 1. The molecule has 3 rings (SSSR count). The molecule has 0 unspecified atom stereocenters. The summed E-state index contributed by atoms with van der Waals surface area (Å²) in [5, 5.41) is 10.8. The third kappa shape index (κ3) is 3.06. The lowest BCUT2D eigenvalue weighted by Gasteiger charge is -2.37. The molecule has 1 aliphatic rings. The van der Waals surface area contributed by atoms with Crippen LogP contribution in [0.15, 0.2) is 30.5 Å². The van der Waals surface area contributed by atoms with Gasteiger partial charge >= 0.3 is 0 Å². The molecule has 1 saturated heterocycles. The van der Waals surface area contributed by atoms with Crippen molar-refractivity contribution < 1.29 is 9.50 Å². The predicted octanol–water partition coefficient (Wildman–Crippen LogP) is 3.11. The van der Waals surface area contributed by atoms with Gasteiger partial charge < -0.3 is 5.11 Å². The van der Waals surface area contributed by atoms with E-state index in [1.54, 1.807) is 12.3 Å². The van der Waals surface area contributed by atoms with E-state index in [-0.39, 0.29) is 18.0 Å². The largest absolute Gasteiger partial charge is 0.392 e. The van der Waals surface area contributed by atoms with Crippen LogP contribution in [0.2, 0.25) is 0 Å². The highest BCUT2D eigenvalue weighted by molar-refractivity contribution is 5.81. The third-order valence-corrected chi connectivity index (χ3v) is 4.34. The number of pyridine rings is 1. The number of fused-ring (bicyclic) bond motifs is 1. The van der Waals surface area contributed by atoms with Gasteiger partial charge in [-0.05, 0) is 50.1 Å². The molecule has 21 heavy (non-hydrogen) atoms. The summed E-state index contributed by atoms with van der Waals surface area (Å²) in [7, 11) is 0. The summed E-state index contributed by atoms with van der Waals surface area (Å²) in [6.07, 6.45) is 4.65. The number of halogens is 1. The van der Waals surface area contributed by atoms with Crippen molar-refractivity contribution in [3.63, 3.8) is 0 Å². The van der Waals surface area contributed by atoms with Gasteiger partial charge in [-0.1, -0.05) is 12.5 Å². The van der Waals surface area contributed by atoms with Crippen LogP contribution in [0.25, 0.3) is 10.9 Å². The number of piperidine rings is 1. The van der Waals surface area contributed by atoms with E-state index in [1.165, 1.54) is 6.07 Å². The van der Waals surface area contributed by atoms with Crippen LogP contribution in [-0.2, 0) is 6.54 Å². The van der Waals surface area contributed by atoms with E-state index < -0.39 is 0 Å². The fraction of sp³-hybridized carbons (Fsp3) is 0.471. The minimum Gasteiger partial charge on any atom is -0.392 e. The third-order valence-electron chi connectivity index (χ3n) is 4.34. The van der Waals surface area contributed by atoms with Gasteiger partial charge in [0.25, 0.3) is 0 Å². The monoisotopic (exact) mass is 288 g/mol. The molecule has 0 saturated carbocycles. The predicted molar refractivity (Wildman–Crippen MR) is 81.4 cm³/mol. The Hall–Kier alpha value is -1.52. The van der Waals surface area contributed by atoms with E-state index in [2.05, 4.69) is 9.88 Å². The number of hydrogen-bond donors (Lipinski definition) is 1. The van der Waals surface area contributed by atoms with Crippen molar-refractivity contribution in [1.29, 1.82) is 0 Å². The van der Waals surface area contributed by atoms with Crippen LogP contribution < -0.4 is 0 Å². The first-order valence-electron chi connectivity index (χ1n) is 7.60. The van der Waals surface area contributed by atoms with E-state index in [4.69, 9.17) is 0 Å². The van der Waals surface area contributed by atoms with E-state index in [0.717, 1.165) is 42.3 Å². The average Bonchev–Trinajstić information content (AvgIpc) is 2.47. The molecule has 0 radical (unpaired) electrons. The normalized spacial score (nSPS) is 21.6. The molecule has 1 aliphatic heterocycles. The number of nitrogens with zero attached hydrogens (tertiary/aromatic N) is 2. The summed E-state index contributed by atoms with van der Waals surface area (Å²) in [6.45, 7) is 3.42. The second-order valence-electron chi connectivity index (χ2n) is 5.91. The molecular formula is C17H21FN2O. The van der Waals surface area contributed by atoms with Crippen LogP contribution in [-0.4, -0.2) is 33.7 Å². The zero-order chi connectivity index (χ0) is 14.8. The first-order valence-corrected chi connectivity index (χ1v) is 7.60.